The Labute approximate surface area is 300 Å². The topological polar surface area (TPSA) is 159 Å². The molecule has 2 fully saturated rings. The number of carbonyl (C=O) groups is 3. The Morgan fingerprint density at radius 3 is 2.44 bits per heavy atom. The number of benzene rings is 3. The largest absolute Gasteiger partial charge is 1.00 e. The van der Waals surface area contributed by atoms with E-state index in [1.54, 1.807) is 35.3 Å². The van der Waals surface area contributed by atoms with Crippen molar-refractivity contribution in [1.29, 1.82) is 0 Å². The van der Waals surface area contributed by atoms with Gasteiger partial charge < -0.3 is 29.4 Å². The van der Waals surface area contributed by atoms with Crippen LogP contribution in [-0.4, -0.2) is 79.4 Å². The summed E-state index contributed by atoms with van der Waals surface area (Å²) in [5.74, 6) is -0.712. The predicted molar refractivity (Wildman–Crippen MR) is 170 cm³/mol. The first-order chi connectivity index (χ1) is 22.5. The van der Waals surface area contributed by atoms with Crippen LogP contribution >= 0.6 is 7.82 Å². The second kappa shape index (κ2) is 14.8. The number of phosphoric acid groups is 1. The second-order valence-corrected chi connectivity index (χ2v) is 12.8. The van der Waals surface area contributed by atoms with Gasteiger partial charge in [0.25, 0.3) is 0 Å². The molecule has 2 saturated heterocycles. The minimum atomic E-state index is -5.01. The third kappa shape index (κ3) is 7.58. The molecule has 6 rings (SSSR count). The molecule has 15 heteroatoms. The van der Waals surface area contributed by atoms with Crippen molar-refractivity contribution in [3.63, 3.8) is 0 Å². The summed E-state index contributed by atoms with van der Waals surface area (Å²) in [7, 11) is -3.34. The summed E-state index contributed by atoms with van der Waals surface area (Å²) in [5.41, 5.74) is 3.09. The summed E-state index contributed by atoms with van der Waals surface area (Å²) in [6.45, 7) is 2.16. The number of hydrazine groups is 1. The number of hydrogen-bond acceptors (Lipinski definition) is 8. The summed E-state index contributed by atoms with van der Waals surface area (Å²) < 4.78 is 15.8. The molecule has 48 heavy (non-hydrogen) atoms. The molecule has 4 amide bonds. The third-order valence-corrected chi connectivity index (χ3v) is 8.95. The number of fused-ring (bicyclic) bond motifs is 2. The Morgan fingerprint density at radius 2 is 1.73 bits per heavy atom. The number of carbonyl (C=O) groups excluding carboxylic acids is 3. The molecule has 0 aliphatic carbocycles. The molecule has 13 nitrogen and oxygen atoms in total. The van der Waals surface area contributed by atoms with E-state index in [0.29, 0.717) is 5.56 Å². The van der Waals surface area contributed by atoms with E-state index in [4.69, 9.17) is 4.89 Å². The number of hydrogen-bond donors (Lipinski definition) is 2. The van der Waals surface area contributed by atoms with E-state index in [1.807, 2.05) is 67.6 Å². The Balaban J connectivity index is 0.00000451. The summed E-state index contributed by atoms with van der Waals surface area (Å²) >= 11 is 0. The van der Waals surface area contributed by atoms with Crippen molar-refractivity contribution < 1.29 is 62.8 Å². The van der Waals surface area contributed by atoms with Crippen LogP contribution in [0.5, 0.6) is 5.75 Å². The van der Waals surface area contributed by atoms with Crippen LogP contribution in [0.25, 0.3) is 10.9 Å². The Morgan fingerprint density at radius 1 is 1.02 bits per heavy atom. The number of piperazine rings is 1. The van der Waals surface area contributed by atoms with Gasteiger partial charge in [-0.25, -0.2) is 14.8 Å². The van der Waals surface area contributed by atoms with Gasteiger partial charge in [-0.3, -0.25) is 19.1 Å². The average Bonchev–Trinajstić information content (AvgIpc) is 3.04. The molecule has 3 heterocycles. The van der Waals surface area contributed by atoms with Crippen molar-refractivity contribution in [2.45, 2.75) is 44.7 Å². The fraction of sp³-hybridized carbons (Fsp3) is 0.273. The zero-order valence-corrected chi connectivity index (χ0v) is 29.7. The van der Waals surface area contributed by atoms with Crippen molar-refractivity contribution >= 4 is 36.6 Å². The quantitative estimate of drug-likeness (QED) is 0.188. The van der Waals surface area contributed by atoms with E-state index >= 15 is 0 Å². The molecule has 2 aliphatic rings. The number of aromatic nitrogens is 1. The summed E-state index contributed by atoms with van der Waals surface area (Å²) in [6.07, 6.45) is 0.933. The van der Waals surface area contributed by atoms with E-state index < -0.39 is 32.1 Å². The Bertz CT molecular complexity index is 1840. The number of phosphoric ester groups is 1. The van der Waals surface area contributed by atoms with Gasteiger partial charge in [0.05, 0.1) is 18.1 Å². The van der Waals surface area contributed by atoms with E-state index in [9.17, 15) is 23.8 Å². The van der Waals surface area contributed by atoms with Gasteiger partial charge in [-0.2, -0.15) is 0 Å². The maximum Gasteiger partial charge on any atom is 1.00 e. The maximum atomic E-state index is 14.4. The number of para-hydroxylation sites is 1. The van der Waals surface area contributed by atoms with Crippen LogP contribution in [0.15, 0.2) is 91.1 Å². The first-order valence-corrected chi connectivity index (χ1v) is 16.6. The van der Waals surface area contributed by atoms with E-state index in [2.05, 4.69) is 14.8 Å². The molecular weight excluding hydrogens is 646 g/mol. The first-order valence-electron chi connectivity index (χ1n) is 15.1. The first kappa shape index (κ1) is 35.5. The molecule has 1 aromatic heterocycles. The number of pyridine rings is 1. The molecule has 0 spiro atoms. The average molecular weight is 681 g/mol. The summed E-state index contributed by atoms with van der Waals surface area (Å²) in [6, 6.07) is 22.8. The van der Waals surface area contributed by atoms with Crippen molar-refractivity contribution in [2.75, 3.05) is 13.6 Å². The van der Waals surface area contributed by atoms with Crippen LogP contribution in [0.4, 0.5) is 4.79 Å². The molecular formula is C33H34N6NaO7P. The van der Waals surface area contributed by atoms with Crippen molar-refractivity contribution in [3.8, 4) is 5.75 Å². The fourth-order valence-corrected chi connectivity index (χ4v) is 6.73. The van der Waals surface area contributed by atoms with Crippen LogP contribution < -0.4 is 44.3 Å². The molecule has 2 unspecified atom stereocenters. The molecule has 4 atom stereocenters. The number of nitrogens with zero attached hydrogens (tertiary/aromatic N) is 5. The fourth-order valence-electron chi connectivity index (χ4n) is 6.35. The Hall–Kier alpha value is -3.81. The number of nitrogens with one attached hydrogen (secondary N) is 1. The maximum absolute atomic E-state index is 14.4. The Kier molecular flexibility index (Phi) is 10.9. The van der Waals surface area contributed by atoms with Crippen LogP contribution in [0, 0.1) is 0 Å². The minimum Gasteiger partial charge on any atom is -0.746 e. The predicted octanol–water partition coefficient (Wildman–Crippen LogP) is -0.353. The van der Waals surface area contributed by atoms with Gasteiger partial charge in [-0.15, -0.1) is 0 Å². The van der Waals surface area contributed by atoms with E-state index in [-0.39, 0.29) is 73.2 Å². The normalized spacial score (nSPS) is 20.9. The number of urea groups is 1. The monoisotopic (exact) mass is 680 g/mol. The van der Waals surface area contributed by atoms with Crippen molar-refractivity contribution in [3.05, 3.63) is 108 Å². The molecule has 4 aromatic rings. The standard InChI is InChI=1S/C33H35N6O7P.Na/c1-22-31-38(29(40)21-36(2)39(31)33(42)35-19-24-8-4-3-5-9-24)28(18-23-13-15-27(16-14-23)46-47(43,44)45)32(41)37(22)20-26-11-6-10-25-12-7-17-34-30(25)26;/h3-17,22,28,31H,18-21H2,1-2H3,(H,35,42)(H2,43,44,45);/q;+1/p-1/t22-,28-,31?;/m0./s1. The molecule has 244 valence electrons. The number of likely N-dealkylation sites (N-methyl/N-ethyl adjacent to an activating group) is 1. The van der Waals surface area contributed by atoms with Gasteiger partial charge >= 0.3 is 43.4 Å². The molecule has 0 bridgehead atoms. The minimum absolute atomic E-state index is 0. The van der Waals surface area contributed by atoms with Crippen LogP contribution in [0.2, 0.25) is 0 Å². The zero-order valence-electron chi connectivity index (χ0n) is 26.8. The van der Waals surface area contributed by atoms with Crippen LogP contribution in [-0.2, 0) is 33.7 Å². The van der Waals surface area contributed by atoms with Gasteiger partial charge in [-0.05, 0) is 41.8 Å². The van der Waals surface area contributed by atoms with Gasteiger partial charge in [-0.1, -0.05) is 66.7 Å². The third-order valence-electron chi connectivity index (χ3n) is 8.51. The van der Waals surface area contributed by atoms with Crippen LogP contribution in [0.3, 0.4) is 0 Å². The summed E-state index contributed by atoms with van der Waals surface area (Å²) in [5, 5.41) is 6.97. The number of amides is 4. The van der Waals surface area contributed by atoms with Crippen molar-refractivity contribution in [1.82, 2.24) is 30.1 Å². The van der Waals surface area contributed by atoms with Gasteiger partial charge in [0.1, 0.15) is 18.0 Å². The molecule has 2 N–H and O–H groups in total. The van der Waals surface area contributed by atoms with Gasteiger partial charge in [0.2, 0.25) is 11.8 Å². The number of rotatable bonds is 8. The second-order valence-electron chi connectivity index (χ2n) is 11.6. The molecule has 0 radical (unpaired) electrons. The summed E-state index contributed by atoms with van der Waals surface area (Å²) in [4.78, 5) is 70.1. The molecule has 2 aliphatic heterocycles. The zero-order chi connectivity index (χ0) is 33.3. The molecule has 0 saturated carbocycles. The van der Waals surface area contributed by atoms with E-state index in [1.165, 1.54) is 22.0 Å². The van der Waals surface area contributed by atoms with E-state index in [0.717, 1.165) is 22.0 Å². The molecule has 3 aromatic carbocycles. The SMILES string of the molecule is C[C@H]1C2N(C(=O)CN(C)N2C(=O)NCc2ccccc2)[C@@H](Cc2ccc(OP(=O)([O-])O)cc2)C(=O)N1Cc1cccc2cccnc12.[Na+]. The van der Waals surface area contributed by atoms with Gasteiger partial charge in [0, 0.05) is 38.1 Å². The van der Waals surface area contributed by atoms with Gasteiger partial charge in [0.15, 0.2) is 0 Å². The smallest absolute Gasteiger partial charge is 0.746 e. The van der Waals surface area contributed by atoms with Crippen molar-refractivity contribution in [2.24, 2.45) is 0 Å². The van der Waals surface area contributed by atoms with Crippen LogP contribution in [0.1, 0.15) is 23.6 Å².